The highest BCUT2D eigenvalue weighted by molar-refractivity contribution is 5.95. The Morgan fingerprint density at radius 3 is 2.45 bits per heavy atom. The van der Waals surface area contributed by atoms with E-state index in [1.165, 1.54) is 4.90 Å². The number of nitrogens with one attached hydrogen (secondary N) is 1. The summed E-state index contributed by atoms with van der Waals surface area (Å²) in [6.45, 7) is 5.83. The van der Waals surface area contributed by atoms with E-state index in [0.717, 1.165) is 5.56 Å². The lowest BCUT2D eigenvalue weighted by Crippen LogP contribution is -2.54. The molecule has 1 fully saturated rings. The van der Waals surface area contributed by atoms with Crippen LogP contribution in [-0.4, -0.2) is 85.8 Å². The van der Waals surface area contributed by atoms with Crippen molar-refractivity contribution in [3.63, 3.8) is 0 Å². The van der Waals surface area contributed by atoms with Gasteiger partial charge in [-0.1, -0.05) is 30.3 Å². The number of likely N-dealkylation sites (N-methyl/N-ethyl adjacent to an activating group) is 1. The zero-order chi connectivity index (χ0) is 23.0. The number of nitrogens with zero attached hydrogens (tertiary/aromatic N) is 3. The predicted octanol–water partition coefficient (Wildman–Crippen LogP) is 2.51. The maximum atomic E-state index is 13.5. The number of carbonyl (C=O) groups is 3. The van der Waals surface area contributed by atoms with Crippen LogP contribution in [0.5, 0.6) is 0 Å². The Kier molecular flexibility index (Phi) is 9.65. The normalized spacial score (nSPS) is 21.7. The summed E-state index contributed by atoms with van der Waals surface area (Å²) < 4.78 is 0. The quantitative estimate of drug-likeness (QED) is 0.649. The summed E-state index contributed by atoms with van der Waals surface area (Å²) >= 11 is 0. The second-order valence-corrected chi connectivity index (χ2v) is 9.04. The lowest BCUT2D eigenvalue weighted by molar-refractivity contribution is -0.136. The highest BCUT2D eigenvalue weighted by Crippen LogP contribution is 2.30. The van der Waals surface area contributed by atoms with Gasteiger partial charge in [-0.3, -0.25) is 9.69 Å². The first kappa shape index (κ1) is 25.0. The molecule has 0 aliphatic carbocycles. The molecular weight excluding hydrogens is 392 g/mol. The zero-order valence-electron chi connectivity index (χ0n) is 19.6. The number of benzene rings is 1. The number of urea groups is 1. The predicted molar refractivity (Wildman–Crippen MR) is 125 cm³/mol. The number of amides is 3. The molecule has 1 aromatic rings. The zero-order valence-corrected chi connectivity index (χ0v) is 19.6. The number of carbonyl (C=O) groups excluding carboxylic acids is 3. The van der Waals surface area contributed by atoms with Crippen molar-refractivity contribution in [2.24, 2.45) is 11.8 Å². The highest BCUT2D eigenvalue weighted by Gasteiger charge is 2.38. The average molecular weight is 433 g/mol. The van der Waals surface area contributed by atoms with Crippen molar-refractivity contribution in [1.29, 1.82) is 0 Å². The minimum atomic E-state index is -0.341. The van der Waals surface area contributed by atoms with Gasteiger partial charge in [0.1, 0.15) is 5.78 Å². The lowest BCUT2D eigenvalue weighted by atomic mass is 9.80. The van der Waals surface area contributed by atoms with Gasteiger partial charge in [-0.05, 0) is 59.3 Å². The average Bonchev–Trinajstić information content (AvgIpc) is 2.71. The fourth-order valence-electron chi connectivity index (χ4n) is 4.21. The minimum Gasteiger partial charge on any atom is -0.336 e. The van der Waals surface area contributed by atoms with E-state index in [9.17, 15) is 14.4 Å². The summed E-state index contributed by atoms with van der Waals surface area (Å²) in [5, 5.41) is 2.89. The van der Waals surface area contributed by atoms with Crippen LogP contribution >= 0.6 is 0 Å². The Balaban J connectivity index is 0.00000512. The van der Waals surface area contributed by atoms with Crippen LogP contribution in [0.3, 0.4) is 0 Å². The van der Waals surface area contributed by atoms with Crippen molar-refractivity contribution in [1.82, 2.24) is 20.0 Å². The summed E-state index contributed by atoms with van der Waals surface area (Å²) in [6, 6.07) is 9.78. The van der Waals surface area contributed by atoms with E-state index in [4.69, 9.17) is 0 Å². The van der Waals surface area contributed by atoms with Crippen LogP contribution in [0.4, 0.5) is 4.79 Å². The molecule has 0 aromatic heterocycles. The first-order valence-electron chi connectivity index (χ1n) is 11.2. The van der Waals surface area contributed by atoms with Gasteiger partial charge < -0.3 is 19.9 Å². The van der Waals surface area contributed by atoms with Crippen molar-refractivity contribution in [3.8, 4) is 0 Å². The number of likely N-dealkylation sites (tertiary alicyclic amines) is 1. The molecule has 7 heteroatoms. The molecule has 174 valence electrons. The van der Waals surface area contributed by atoms with E-state index in [1.54, 1.807) is 6.92 Å². The maximum Gasteiger partial charge on any atom is 0.324 e. The van der Waals surface area contributed by atoms with Gasteiger partial charge in [-0.25, -0.2) is 4.79 Å². The molecule has 1 aliphatic rings. The van der Waals surface area contributed by atoms with Crippen molar-refractivity contribution in [2.75, 3.05) is 47.3 Å². The summed E-state index contributed by atoms with van der Waals surface area (Å²) in [4.78, 5) is 43.7. The van der Waals surface area contributed by atoms with Crippen molar-refractivity contribution in [3.05, 3.63) is 35.9 Å². The summed E-state index contributed by atoms with van der Waals surface area (Å²) in [7, 11) is 5.88. The summed E-state index contributed by atoms with van der Waals surface area (Å²) in [6.07, 6.45) is 1.72. The molecule has 7 nitrogen and oxygen atoms in total. The molecule has 1 saturated heterocycles. The van der Waals surface area contributed by atoms with Gasteiger partial charge in [0.2, 0.25) is 5.91 Å². The standard InChI is InChI=1S/C24H38N4O3.H2/c1-18(29)15-21-16-22(17-27(5)19(21)2)23(30)28(24(31)25-12-14-26(3)4)13-11-20-9-7-6-8-10-20;/h6-10,19,21-22H,11-17H2,1-5H3,(H,25,31);1H/t19-,21+,22-;/m1./s1. The summed E-state index contributed by atoms with van der Waals surface area (Å²) in [5.74, 6) is -0.176. The molecule has 3 atom stereocenters. The fraction of sp³-hybridized carbons (Fsp3) is 0.625. The van der Waals surface area contributed by atoms with Gasteiger partial charge in [0.25, 0.3) is 0 Å². The van der Waals surface area contributed by atoms with Crippen LogP contribution in [0.15, 0.2) is 30.3 Å². The SMILES string of the molecule is CC(=O)C[C@H]1C[C@@H](C(=O)N(CCc2ccccc2)C(=O)NCCN(C)C)CN(C)[C@@H]1C.[HH]. The first-order valence-corrected chi connectivity index (χ1v) is 11.2. The van der Waals surface area contributed by atoms with E-state index >= 15 is 0 Å². The van der Waals surface area contributed by atoms with E-state index in [2.05, 4.69) is 17.1 Å². The molecule has 1 N–H and O–H groups in total. The van der Waals surface area contributed by atoms with Crippen molar-refractivity contribution in [2.45, 2.75) is 39.2 Å². The Morgan fingerprint density at radius 2 is 1.84 bits per heavy atom. The summed E-state index contributed by atoms with van der Waals surface area (Å²) in [5.41, 5.74) is 1.09. The maximum absolute atomic E-state index is 13.5. The molecule has 31 heavy (non-hydrogen) atoms. The number of ketones is 1. The smallest absolute Gasteiger partial charge is 0.324 e. The molecule has 1 aliphatic heterocycles. The first-order chi connectivity index (χ1) is 14.7. The molecular formula is C24H40N4O3. The number of imide groups is 1. The Labute approximate surface area is 188 Å². The van der Waals surface area contributed by atoms with Crippen LogP contribution < -0.4 is 5.32 Å². The van der Waals surface area contributed by atoms with Gasteiger partial charge in [-0.15, -0.1) is 0 Å². The molecule has 2 rings (SSSR count). The number of Topliss-reactive ketones (excluding diaryl/α,β-unsaturated/α-hetero) is 1. The number of hydrogen-bond acceptors (Lipinski definition) is 5. The topological polar surface area (TPSA) is 73.0 Å². The minimum absolute atomic E-state index is 0. The molecule has 0 unspecified atom stereocenters. The number of hydrogen-bond donors (Lipinski definition) is 1. The third kappa shape index (κ3) is 7.74. The second-order valence-electron chi connectivity index (χ2n) is 9.04. The van der Waals surface area contributed by atoms with Gasteiger partial charge in [0, 0.05) is 40.1 Å². The Hall–Kier alpha value is -2.25. The molecule has 1 aromatic carbocycles. The fourth-order valence-corrected chi connectivity index (χ4v) is 4.21. The van der Waals surface area contributed by atoms with Crippen LogP contribution in [0.2, 0.25) is 0 Å². The third-order valence-electron chi connectivity index (χ3n) is 6.19. The highest BCUT2D eigenvalue weighted by atomic mass is 16.2. The van der Waals surface area contributed by atoms with Gasteiger partial charge in [0.15, 0.2) is 0 Å². The second kappa shape index (κ2) is 12.0. The third-order valence-corrected chi connectivity index (χ3v) is 6.19. The van der Waals surface area contributed by atoms with Gasteiger partial charge in [0.05, 0.1) is 5.92 Å². The monoisotopic (exact) mass is 432 g/mol. The molecule has 0 spiro atoms. The largest absolute Gasteiger partial charge is 0.336 e. The molecule has 1 heterocycles. The molecule has 0 saturated carbocycles. The molecule has 0 radical (unpaired) electrons. The molecule has 0 bridgehead atoms. The van der Waals surface area contributed by atoms with Crippen molar-refractivity contribution < 1.29 is 15.8 Å². The van der Waals surface area contributed by atoms with Gasteiger partial charge in [-0.2, -0.15) is 0 Å². The van der Waals surface area contributed by atoms with E-state index in [-0.39, 0.29) is 37.0 Å². The Bertz CT molecular complexity index is 744. The van der Waals surface area contributed by atoms with E-state index in [1.807, 2.05) is 56.4 Å². The van der Waals surface area contributed by atoms with E-state index in [0.29, 0.717) is 45.4 Å². The lowest BCUT2D eigenvalue weighted by Gasteiger charge is -2.41. The van der Waals surface area contributed by atoms with Crippen LogP contribution in [0.25, 0.3) is 0 Å². The van der Waals surface area contributed by atoms with E-state index < -0.39 is 0 Å². The van der Waals surface area contributed by atoms with Crippen LogP contribution in [0, 0.1) is 11.8 Å². The molecule has 3 amide bonds. The van der Waals surface area contributed by atoms with Gasteiger partial charge >= 0.3 is 6.03 Å². The van der Waals surface area contributed by atoms with Crippen LogP contribution in [-0.2, 0) is 16.0 Å². The number of rotatable bonds is 9. The van der Waals surface area contributed by atoms with Crippen molar-refractivity contribution >= 4 is 17.7 Å². The van der Waals surface area contributed by atoms with Crippen LogP contribution in [0.1, 0.15) is 33.7 Å². The number of piperidine rings is 1. The Morgan fingerprint density at radius 1 is 1.16 bits per heavy atom.